The number of nitrogens with zero attached hydrogens (tertiary/aromatic N) is 3. The molecule has 0 radical (unpaired) electrons. The van der Waals surface area contributed by atoms with Gasteiger partial charge in [-0.2, -0.15) is 8.75 Å². The first kappa shape index (κ1) is 20.5. The number of aryl methyl sites for hydroxylation is 2. The van der Waals surface area contributed by atoms with E-state index in [9.17, 15) is 9.59 Å². The van der Waals surface area contributed by atoms with Crippen LogP contribution in [-0.4, -0.2) is 32.4 Å². The standard InChI is InChI=1S/C21H18N4O5S/c1-12-15(13(2)30-23-12)10-28-18-9-4-3-6-14(18)21(27)29-11-19(26)22-16-7-5-8-17-20(16)25-31-24-17/h3-9H,10-11H2,1-2H3,(H,22,26). The summed E-state index contributed by atoms with van der Waals surface area (Å²) in [5, 5.41) is 6.57. The molecular weight excluding hydrogens is 420 g/mol. The molecule has 0 atom stereocenters. The van der Waals surface area contributed by atoms with Gasteiger partial charge < -0.3 is 19.3 Å². The summed E-state index contributed by atoms with van der Waals surface area (Å²) in [5.41, 5.74) is 3.53. The lowest BCUT2D eigenvalue weighted by molar-refractivity contribution is -0.119. The maximum Gasteiger partial charge on any atom is 0.342 e. The third-order valence-corrected chi connectivity index (χ3v) is 5.10. The topological polar surface area (TPSA) is 116 Å². The van der Waals surface area contributed by atoms with Gasteiger partial charge in [0.15, 0.2) is 6.61 Å². The molecule has 0 saturated carbocycles. The van der Waals surface area contributed by atoms with Gasteiger partial charge in [0.25, 0.3) is 5.91 Å². The Balaban J connectivity index is 1.38. The largest absolute Gasteiger partial charge is 0.488 e. The van der Waals surface area contributed by atoms with Crippen LogP contribution in [0.15, 0.2) is 47.0 Å². The molecule has 158 valence electrons. The number of para-hydroxylation sites is 1. The number of rotatable bonds is 7. The number of carbonyl (C=O) groups excluding carboxylic acids is 2. The number of hydrogen-bond acceptors (Lipinski definition) is 9. The molecule has 31 heavy (non-hydrogen) atoms. The first-order valence-corrected chi connectivity index (χ1v) is 10.1. The van der Waals surface area contributed by atoms with E-state index in [-0.39, 0.29) is 12.2 Å². The van der Waals surface area contributed by atoms with Crippen molar-refractivity contribution in [3.8, 4) is 5.75 Å². The third kappa shape index (κ3) is 4.53. The van der Waals surface area contributed by atoms with Crippen molar-refractivity contribution in [3.63, 3.8) is 0 Å². The number of ether oxygens (including phenoxy) is 2. The predicted octanol–water partition coefficient (Wildman–Crippen LogP) is 3.67. The van der Waals surface area contributed by atoms with Crippen LogP contribution < -0.4 is 10.1 Å². The first-order chi connectivity index (χ1) is 15.0. The number of amides is 1. The molecule has 10 heteroatoms. The molecule has 9 nitrogen and oxygen atoms in total. The van der Waals surface area contributed by atoms with Crippen molar-refractivity contribution in [1.29, 1.82) is 0 Å². The zero-order chi connectivity index (χ0) is 21.8. The van der Waals surface area contributed by atoms with Crippen LogP contribution in [0.1, 0.15) is 27.4 Å². The van der Waals surface area contributed by atoms with Crippen molar-refractivity contribution >= 4 is 40.3 Å². The van der Waals surface area contributed by atoms with Crippen LogP contribution in [0.5, 0.6) is 5.75 Å². The SMILES string of the molecule is Cc1noc(C)c1COc1ccccc1C(=O)OCC(=O)Nc1cccc2nsnc12. The van der Waals surface area contributed by atoms with Crippen molar-refractivity contribution in [3.05, 3.63) is 65.0 Å². The monoisotopic (exact) mass is 438 g/mol. The molecule has 0 aliphatic rings. The molecule has 4 rings (SSSR count). The number of benzene rings is 2. The minimum atomic E-state index is -0.668. The summed E-state index contributed by atoms with van der Waals surface area (Å²) in [4.78, 5) is 24.8. The molecule has 0 saturated heterocycles. The normalized spacial score (nSPS) is 10.8. The van der Waals surface area contributed by atoms with Crippen LogP contribution in [-0.2, 0) is 16.1 Å². The fourth-order valence-corrected chi connectivity index (χ4v) is 3.47. The van der Waals surface area contributed by atoms with Gasteiger partial charge in [0.1, 0.15) is 34.7 Å². The summed E-state index contributed by atoms with van der Waals surface area (Å²) in [6.45, 7) is 3.35. The second kappa shape index (κ2) is 8.92. The van der Waals surface area contributed by atoms with Crippen LogP contribution in [0.2, 0.25) is 0 Å². The van der Waals surface area contributed by atoms with Crippen LogP contribution in [0.25, 0.3) is 11.0 Å². The summed E-state index contributed by atoms with van der Waals surface area (Å²) < 4.78 is 24.4. The highest BCUT2D eigenvalue weighted by Gasteiger charge is 2.17. The van der Waals surface area contributed by atoms with Gasteiger partial charge in [0.05, 0.1) is 28.7 Å². The van der Waals surface area contributed by atoms with Gasteiger partial charge in [-0.05, 0) is 38.1 Å². The zero-order valence-corrected chi connectivity index (χ0v) is 17.6. The molecule has 0 unspecified atom stereocenters. The molecule has 0 aliphatic heterocycles. The van der Waals surface area contributed by atoms with Gasteiger partial charge in [0, 0.05) is 0 Å². The molecule has 1 N–H and O–H groups in total. The van der Waals surface area contributed by atoms with E-state index in [1.807, 2.05) is 6.92 Å². The van der Waals surface area contributed by atoms with Gasteiger partial charge in [-0.1, -0.05) is 23.4 Å². The molecule has 2 aromatic carbocycles. The minimum absolute atomic E-state index is 0.192. The Hall–Kier alpha value is -3.79. The Labute approximate surface area is 181 Å². The highest BCUT2D eigenvalue weighted by Crippen LogP contribution is 2.23. The summed E-state index contributed by atoms with van der Waals surface area (Å²) >= 11 is 1.06. The Bertz CT molecular complexity index is 1230. The van der Waals surface area contributed by atoms with E-state index >= 15 is 0 Å². The molecule has 0 bridgehead atoms. The van der Waals surface area contributed by atoms with E-state index < -0.39 is 18.5 Å². The van der Waals surface area contributed by atoms with E-state index in [0.29, 0.717) is 28.2 Å². The molecule has 0 fully saturated rings. The van der Waals surface area contributed by atoms with Crippen LogP contribution in [0.3, 0.4) is 0 Å². The number of fused-ring (bicyclic) bond motifs is 1. The number of nitrogens with one attached hydrogen (secondary N) is 1. The Kier molecular flexibility index (Phi) is 5.89. The Morgan fingerprint density at radius 1 is 1.10 bits per heavy atom. The second-order valence-corrected chi connectivity index (χ2v) is 7.18. The quantitative estimate of drug-likeness (QED) is 0.435. The molecule has 0 spiro atoms. The van der Waals surface area contributed by atoms with Crippen LogP contribution >= 0.6 is 11.7 Å². The van der Waals surface area contributed by atoms with Gasteiger partial charge in [-0.15, -0.1) is 0 Å². The van der Waals surface area contributed by atoms with Crippen molar-refractivity contribution in [1.82, 2.24) is 13.9 Å². The maximum absolute atomic E-state index is 12.6. The Morgan fingerprint density at radius 2 is 1.94 bits per heavy atom. The van der Waals surface area contributed by atoms with Gasteiger partial charge in [-0.25, -0.2) is 4.79 Å². The molecule has 1 amide bonds. The fourth-order valence-electron chi connectivity index (χ4n) is 2.92. The number of aromatic nitrogens is 3. The lowest BCUT2D eigenvalue weighted by atomic mass is 10.2. The van der Waals surface area contributed by atoms with Crippen molar-refractivity contribution in [2.75, 3.05) is 11.9 Å². The second-order valence-electron chi connectivity index (χ2n) is 6.65. The van der Waals surface area contributed by atoms with Crippen molar-refractivity contribution in [2.24, 2.45) is 0 Å². The molecule has 2 aromatic heterocycles. The predicted molar refractivity (Wildman–Crippen MR) is 113 cm³/mol. The molecular formula is C21H18N4O5S. The highest BCUT2D eigenvalue weighted by atomic mass is 32.1. The third-order valence-electron chi connectivity index (χ3n) is 4.55. The summed E-state index contributed by atoms with van der Waals surface area (Å²) in [6.07, 6.45) is 0. The number of esters is 1. The van der Waals surface area contributed by atoms with Gasteiger partial charge in [0.2, 0.25) is 0 Å². The summed E-state index contributed by atoms with van der Waals surface area (Å²) in [6, 6.07) is 11.9. The lowest BCUT2D eigenvalue weighted by Gasteiger charge is -2.11. The van der Waals surface area contributed by atoms with E-state index in [1.165, 1.54) is 0 Å². The highest BCUT2D eigenvalue weighted by molar-refractivity contribution is 7.00. The summed E-state index contributed by atoms with van der Waals surface area (Å²) in [5.74, 6) is -0.160. The number of hydrogen-bond donors (Lipinski definition) is 1. The Morgan fingerprint density at radius 3 is 2.74 bits per heavy atom. The molecule has 0 aliphatic carbocycles. The van der Waals surface area contributed by atoms with Gasteiger partial charge >= 0.3 is 5.97 Å². The fraction of sp³-hybridized carbons (Fsp3) is 0.190. The van der Waals surface area contributed by atoms with E-state index in [4.69, 9.17) is 14.0 Å². The average Bonchev–Trinajstić information content (AvgIpc) is 3.38. The molecule has 2 heterocycles. The van der Waals surface area contributed by atoms with Crippen LogP contribution in [0, 0.1) is 13.8 Å². The van der Waals surface area contributed by atoms with E-state index in [1.54, 1.807) is 49.4 Å². The van der Waals surface area contributed by atoms with Crippen molar-refractivity contribution in [2.45, 2.75) is 20.5 Å². The lowest BCUT2D eigenvalue weighted by Crippen LogP contribution is -2.21. The first-order valence-electron chi connectivity index (χ1n) is 9.34. The minimum Gasteiger partial charge on any atom is -0.488 e. The van der Waals surface area contributed by atoms with Crippen molar-refractivity contribution < 1.29 is 23.6 Å². The number of anilines is 1. The smallest absolute Gasteiger partial charge is 0.342 e. The van der Waals surface area contributed by atoms with E-state index in [2.05, 4.69) is 19.2 Å². The molecule has 4 aromatic rings. The van der Waals surface area contributed by atoms with Crippen LogP contribution in [0.4, 0.5) is 5.69 Å². The average molecular weight is 438 g/mol. The number of carbonyl (C=O) groups is 2. The summed E-state index contributed by atoms with van der Waals surface area (Å²) in [7, 11) is 0. The maximum atomic E-state index is 12.6. The van der Waals surface area contributed by atoms with E-state index in [0.717, 1.165) is 23.0 Å². The van der Waals surface area contributed by atoms with Gasteiger partial charge in [-0.3, -0.25) is 4.79 Å². The zero-order valence-electron chi connectivity index (χ0n) is 16.7.